The summed E-state index contributed by atoms with van der Waals surface area (Å²) in [6.07, 6.45) is 3.05. The molecule has 2 heterocycles. The Balaban J connectivity index is 1.26. The van der Waals surface area contributed by atoms with E-state index in [9.17, 15) is 13.2 Å². The average molecular weight is 587 g/mol. The number of carbonyl (C=O) groups is 1. The monoisotopic (exact) mass is 586 g/mol. The highest BCUT2D eigenvalue weighted by Crippen LogP contribution is 2.65. The van der Waals surface area contributed by atoms with Gasteiger partial charge in [-0.1, -0.05) is 66.7 Å². The van der Waals surface area contributed by atoms with Crippen molar-refractivity contribution in [3.05, 3.63) is 101 Å². The molecule has 1 spiro atoms. The van der Waals surface area contributed by atoms with Crippen LogP contribution in [0.3, 0.4) is 0 Å². The van der Waals surface area contributed by atoms with Crippen molar-refractivity contribution in [2.45, 2.75) is 80.9 Å². The van der Waals surface area contributed by atoms with Crippen LogP contribution in [0.4, 0.5) is 0 Å². The fourth-order valence-electron chi connectivity index (χ4n) is 8.59. The van der Waals surface area contributed by atoms with E-state index in [0.717, 1.165) is 54.8 Å². The van der Waals surface area contributed by atoms with Crippen molar-refractivity contribution in [3.8, 4) is 5.75 Å². The molecular weight excluding hydrogens is 548 g/mol. The van der Waals surface area contributed by atoms with Crippen molar-refractivity contribution in [1.29, 1.82) is 0 Å². The summed E-state index contributed by atoms with van der Waals surface area (Å²) in [4.78, 5) is 15.4. The first-order chi connectivity index (χ1) is 20.2. The third kappa shape index (κ3) is 4.29. The summed E-state index contributed by atoms with van der Waals surface area (Å²) in [7, 11) is -3.66. The highest BCUT2D eigenvalue weighted by atomic mass is 32.2. The summed E-state index contributed by atoms with van der Waals surface area (Å²) >= 11 is 0. The Morgan fingerprint density at radius 3 is 2.62 bits per heavy atom. The number of hydrogen-bond acceptors (Lipinski definition) is 6. The fourth-order valence-corrected chi connectivity index (χ4v) is 10.1. The topological polar surface area (TPSA) is 84.9 Å². The zero-order valence-electron chi connectivity index (χ0n) is 24.2. The van der Waals surface area contributed by atoms with Crippen LogP contribution in [0.25, 0.3) is 0 Å². The molecule has 0 unspecified atom stereocenters. The lowest BCUT2D eigenvalue weighted by Crippen LogP contribution is -2.79. The van der Waals surface area contributed by atoms with Crippen molar-refractivity contribution in [1.82, 2.24) is 9.62 Å². The Bertz CT molecular complexity index is 1630. The zero-order valence-corrected chi connectivity index (χ0v) is 25.0. The first-order valence-corrected chi connectivity index (χ1v) is 16.7. The smallest absolute Gasteiger partial charge is 0.303 e. The van der Waals surface area contributed by atoms with Gasteiger partial charge in [0.15, 0.2) is 0 Å². The number of ether oxygens (including phenoxy) is 2. The first-order valence-electron chi connectivity index (χ1n) is 15.0. The van der Waals surface area contributed by atoms with Gasteiger partial charge in [0, 0.05) is 19.0 Å². The summed E-state index contributed by atoms with van der Waals surface area (Å²) in [5, 5.41) is 0. The van der Waals surface area contributed by atoms with Gasteiger partial charge in [-0.3, -0.25) is 9.69 Å². The van der Waals surface area contributed by atoms with Gasteiger partial charge in [-0.05, 0) is 73.9 Å². The lowest BCUT2D eigenvalue weighted by molar-refractivity contribution is -0.218. The van der Waals surface area contributed by atoms with Crippen molar-refractivity contribution in [2.75, 3.05) is 13.1 Å². The van der Waals surface area contributed by atoms with E-state index in [0.29, 0.717) is 12.8 Å². The van der Waals surface area contributed by atoms with Crippen LogP contribution in [0.5, 0.6) is 5.75 Å². The molecule has 7 rings (SSSR count). The van der Waals surface area contributed by atoms with Crippen LogP contribution in [0.15, 0.2) is 72.8 Å². The quantitative estimate of drug-likeness (QED) is 0.393. The van der Waals surface area contributed by atoms with Gasteiger partial charge in [-0.2, -0.15) is 0 Å². The lowest BCUT2D eigenvalue weighted by atomic mass is 9.48. The molecule has 42 heavy (non-hydrogen) atoms. The molecule has 220 valence electrons. The molecule has 8 heteroatoms. The van der Waals surface area contributed by atoms with E-state index in [-0.39, 0.29) is 17.8 Å². The lowest BCUT2D eigenvalue weighted by Gasteiger charge is -2.65. The molecule has 4 aliphatic rings. The van der Waals surface area contributed by atoms with Crippen molar-refractivity contribution in [3.63, 3.8) is 0 Å². The molecule has 3 aromatic carbocycles. The minimum atomic E-state index is -3.66. The number of rotatable bonds is 8. The van der Waals surface area contributed by atoms with Crippen LogP contribution in [-0.2, 0) is 43.6 Å². The number of hydrogen-bond donors (Lipinski definition) is 1. The van der Waals surface area contributed by atoms with Crippen LogP contribution >= 0.6 is 0 Å². The SMILES string of the molecule is CC(=O)O[C@@]12CC[C@@H](NS(=O)(=O)Cc3ccccc3C)[C@@H]3Oc4cccc5c4[C@@]31CCN(CCc1ccccc1)[C@@H]2C5. The average Bonchev–Trinajstić information content (AvgIpc) is 3.30. The molecule has 0 radical (unpaired) electrons. The van der Waals surface area contributed by atoms with Crippen LogP contribution < -0.4 is 9.46 Å². The van der Waals surface area contributed by atoms with Crippen LogP contribution in [0, 0.1) is 6.92 Å². The normalized spacial score (nSPS) is 29.4. The maximum Gasteiger partial charge on any atom is 0.303 e. The summed E-state index contributed by atoms with van der Waals surface area (Å²) < 4.78 is 43.5. The van der Waals surface area contributed by atoms with E-state index >= 15 is 0 Å². The molecule has 1 saturated heterocycles. The molecule has 1 saturated carbocycles. The van der Waals surface area contributed by atoms with E-state index < -0.39 is 33.2 Å². The fraction of sp³-hybridized carbons (Fsp3) is 0.441. The van der Waals surface area contributed by atoms with E-state index in [1.165, 1.54) is 18.1 Å². The van der Waals surface area contributed by atoms with Gasteiger partial charge in [0.05, 0.1) is 23.3 Å². The number of likely N-dealkylation sites (tertiary alicyclic amines) is 1. The third-order valence-electron chi connectivity index (χ3n) is 10.2. The molecule has 5 atom stereocenters. The Labute approximate surface area is 248 Å². The molecule has 2 fully saturated rings. The number of nitrogens with one attached hydrogen (secondary N) is 1. The Kier molecular flexibility index (Phi) is 6.72. The summed E-state index contributed by atoms with van der Waals surface area (Å²) in [5.74, 6) is 0.420. The van der Waals surface area contributed by atoms with Crippen molar-refractivity contribution in [2.24, 2.45) is 0 Å². The maximum absolute atomic E-state index is 13.6. The molecule has 3 aromatic rings. The summed E-state index contributed by atoms with van der Waals surface area (Å²) in [6, 6.07) is 23.8. The zero-order chi connectivity index (χ0) is 29.1. The number of sulfonamides is 1. The van der Waals surface area contributed by atoms with Crippen LogP contribution in [0.1, 0.15) is 54.0 Å². The van der Waals surface area contributed by atoms with E-state index in [2.05, 4.69) is 40.0 Å². The third-order valence-corrected chi connectivity index (χ3v) is 11.6. The number of piperidine rings is 1. The van der Waals surface area contributed by atoms with Crippen LogP contribution in [-0.4, -0.2) is 56.2 Å². The van der Waals surface area contributed by atoms with Crippen molar-refractivity contribution < 1.29 is 22.7 Å². The molecule has 0 amide bonds. The summed E-state index contributed by atoms with van der Waals surface area (Å²) in [5.41, 5.74) is 3.95. The molecule has 0 aromatic heterocycles. The second-order valence-corrected chi connectivity index (χ2v) is 14.2. The number of benzene rings is 3. The largest absolute Gasteiger partial charge is 0.487 e. The predicted octanol–water partition coefficient (Wildman–Crippen LogP) is 4.45. The number of aryl methyl sites for hydroxylation is 1. The molecule has 2 aliphatic heterocycles. The summed E-state index contributed by atoms with van der Waals surface area (Å²) in [6.45, 7) is 5.13. The van der Waals surface area contributed by atoms with Gasteiger partial charge in [0.2, 0.25) is 10.0 Å². The van der Waals surface area contributed by atoms with E-state index in [1.807, 2.05) is 49.4 Å². The highest BCUT2D eigenvalue weighted by Gasteiger charge is 2.75. The molecule has 2 aliphatic carbocycles. The number of nitrogens with zero attached hydrogens (tertiary/aromatic N) is 1. The van der Waals surface area contributed by atoms with Gasteiger partial charge in [0.25, 0.3) is 0 Å². The second-order valence-electron chi connectivity index (χ2n) is 12.5. The van der Waals surface area contributed by atoms with Gasteiger partial charge < -0.3 is 9.47 Å². The first kappa shape index (κ1) is 27.6. The second kappa shape index (κ2) is 10.2. The van der Waals surface area contributed by atoms with Gasteiger partial charge in [-0.15, -0.1) is 0 Å². The molecule has 7 nitrogen and oxygen atoms in total. The minimum Gasteiger partial charge on any atom is -0.487 e. The van der Waals surface area contributed by atoms with Gasteiger partial charge >= 0.3 is 5.97 Å². The highest BCUT2D eigenvalue weighted by molar-refractivity contribution is 7.88. The van der Waals surface area contributed by atoms with Gasteiger partial charge in [-0.25, -0.2) is 13.1 Å². The molecular formula is C34H38N2O5S. The Morgan fingerprint density at radius 2 is 1.83 bits per heavy atom. The standard InChI is InChI=1S/C34H38N2O5S/c1-23-9-6-7-12-27(23)22-42(38,39)35-28-15-17-34(41-24(2)37)30-21-26-13-8-14-29-31(26)33(34,32(28)40-29)18-20-36(30)19-16-25-10-4-3-5-11-25/h3-14,28,30,32,35H,15-22H2,1-2H3/t28-,30-,32+,33+,34-/m1/s1. The maximum atomic E-state index is 13.6. The number of carbonyl (C=O) groups excluding carboxylic acids is 1. The van der Waals surface area contributed by atoms with E-state index in [4.69, 9.17) is 9.47 Å². The van der Waals surface area contributed by atoms with E-state index in [1.54, 1.807) is 0 Å². The van der Waals surface area contributed by atoms with Crippen LogP contribution in [0.2, 0.25) is 0 Å². The predicted molar refractivity (Wildman–Crippen MR) is 161 cm³/mol. The van der Waals surface area contributed by atoms with Crippen molar-refractivity contribution >= 4 is 16.0 Å². The molecule has 2 bridgehead atoms. The Hall–Kier alpha value is -3.20. The number of esters is 1. The van der Waals surface area contributed by atoms with Gasteiger partial charge in [0.1, 0.15) is 17.5 Å². The Morgan fingerprint density at radius 1 is 1.05 bits per heavy atom. The minimum absolute atomic E-state index is 0.0182. The molecule has 1 N–H and O–H groups in total.